The largest absolute Gasteiger partial charge is 0.477 e. The Morgan fingerprint density at radius 1 is 1.38 bits per heavy atom. The molecule has 0 radical (unpaired) electrons. The molecule has 1 heterocycles. The molecule has 1 fully saturated rings. The van der Waals surface area contributed by atoms with Crippen LogP contribution in [0, 0.1) is 5.92 Å². The number of sulfonamides is 1. The van der Waals surface area contributed by atoms with Crippen LogP contribution in [0.1, 0.15) is 23.3 Å². The fourth-order valence-electron chi connectivity index (χ4n) is 1.84. The van der Waals surface area contributed by atoms with Gasteiger partial charge in [-0.15, -0.1) is 0 Å². The highest BCUT2D eigenvalue weighted by Crippen LogP contribution is 2.28. The van der Waals surface area contributed by atoms with Crippen LogP contribution in [0.4, 0.5) is 0 Å². The van der Waals surface area contributed by atoms with Crippen LogP contribution in [0.2, 0.25) is 0 Å². The molecule has 1 aliphatic carbocycles. The first-order valence-corrected chi connectivity index (χ1v) is 7.96. The number of aryl methyl sites for hydroxylation is 1. The van der Waals surface area contributed by atoms with Crippen molar-refractivity contribution in [1.82, 2.24) is 14.6 Å². The second-order valence-electron chi connectivity index (χ2n) is 4.94. The summed E-state index contributed by atoms with van der Waals surface area (Å²) in [4.78, 5) is 22.1. The zero-order valence-electron chi connectivity index (χ0n) is 11.5. The summed E-state index contributed by atoms with van der Waals surface area (Å²) in [6, 6.07) is 1.09. The second kappa shape index (κ2) is 5.86. The summed E-state index contributed by atoms with van der Waals surface area (Å²) in [5.41, 5.74) is -0.114. The molecule has 1 aliphatic rings. The van der Waals surface area contributed by atoms with Crippen molar-refractivity contribution in [3.63, 3.8) is 0 Å². The maximum atomic E-state index is 12.0. The number of rotatable bonds is 7. The molecule has 0 unspecified atom stereocenters. The maximum Gasteiger partial charge on any atom is 0.352 e. The van der Waals surface area contributed by atoms with Crippen molar-refractivity contribution in [2.45, 2.75) is 17.7 Å². The Kier molecular flexibility index (Phi) is 4.33. The van der Waals surface area contributed by atoms with Crippen LogP contribution in [-0.2, 0) is 21.9 Å². The van der Waals surface area contributed by atoms with Crippen LogP contribution in [0.25, 0.3) is 0 Å². The van der Waals surface area contributed by atoms with Gasteiger partial charge in [-0.3, -0.25) is 4.79 Å². The fraction of sp³-hybridized carbons (Fsp3) is 0.500. The van der Waals surface area contributed by atoms with Crippen molar-refractivity contribution >= 4 is 21.9 Å². The normalized spacial score (nSPS) is 14.9. The average molecular weight is 315 g/mol. The van der Waals surface area contributed by atoms with Gasteiger partial charge in [-0.25, -0.2) is 17.9 Å². The molecular weight excluding hydrogens is 298 g/mol. The van der Waals surface area contributed by atoms with Crippen molar-refractivity contribution in [3.05, 3.63) is 18.0 Å². The highest BCUT2D eigenvalue weighted by molar-refractivity contribution is 7.89. The van der Waals surface area contributed by atoms with E-state index >= 15 is 0 Å². The van der Waals surface area contributed by atoms with E-state index in [4.69, 9.17) is 5.11 Å². The van der Waals surface area contributed by atoms with Gasteiger partial charge < -0.3 is 15.0 Å². The number of aromatic nitrogens is 1. The highest BCUT2D eigenvalue weighted by atomic mass is 32.2. The number of carbonyl (C=O) groups is 2. The van der Waals surface area contributed by atoms with Gasteiger partial charge in [0.2, 0.25) is 15.9 Å². The van der Waals surface area contributed by atoms with Gasteiger partial charge in [-0.05, 0) is 18.9 Å². The lowest BCUT2D eigenvalue weighted by molar-refractivity contribution is -0.122. The predicted molar refractivity (Wildman–Crippen MR) is 73.3 cm³/mol. The van der Waals surface area contributed by atoms with Crippen molar-refractivity contribution in [2.24, 2.45) is 13.0 Å². The molecule has 0 spiro atoms. The van der Waals surface area contributed by atoms with Gasteiger partial charge in [-0.1, -0.05) is 0 Å². The zero-order chi connectivity index (χ0) is 15.6. The summed E-state index contributed by atoms with van der Waals surface area (Å²) in [6.07, 6.45) is 3.01. The lowest BCUT2D eigenvalue weighted by atomic mass is 10.4. The SMILES string of the molecule is Cn1cc(S(=O)(=O)NCCNC(=O)C2CC2)cc1C(=O)O. The summed E-state index contributed by atoms with van der Waals surface area (Å²) in [5.74, 6) is -1.17. The minimum Gasteiger partial charge on any atom is -0.477 e. The molecule has 1 saturated carbocycles. The van der Waals surface area contributed by atoms with Crippen LogP contribution in [0.15, 0.2) is 17.2 Å². The van der Waals surface area contributed by atoms with E-state index in [0.717, 1.165) is 18.9 Å². The first-order valence-electron chi connectivity index (χ1n) is 6.48. The summed E-state index contributed by atoms with van der Waals surface area (Å²) in [7, 11) is -2.33. The molecule has 0 aliphatic heterocycles. The molecule has 21 heavy (non-hydrogen) atoms. The molecule has 0 aromatic carbocycles. The van der Waals surface area contributed by atoms with E-state index in [9.17, 15) is 18.0 Å². The fourth-order valence-corrected chi connectivity index (χ4v) is 2.94. The van der Waals surface area contributed by atoms with Gasteiger partial charge in [0.15, 0.2) is 0 Å². The molecule has 0 bridgehead atoms. The number of carboxylic acid groups (broad SMARTS) is 1. The molecule has 1 aromatic heterocycles. The van der Waals surface area contributed by atoms with Gasteiger partial charge in [0, 0.05) is 32.3 Å². The van der Waals surface area contributed by atoms with Crippen molar-refractivity contribution in [3.8, 4) is 0 Å². The summed E-state index contributed by atoms with van der Waals surface area (Å²) in [5, 5.41) is 11.5. The van der Waals surface area contributed by atoms with Gasteiger partial charge >= 0.3 is 5.97 Å². The molecule has 1 amide bonds. The number of carboxylic acids is 1. The molecule has 0 saturated heterocycles. The Bertz CT molecular complexity index is 660. The Morgan fingerprint density at radius 2 is 2.05 bits per heavy atom. The number of hydrogen-bond donors (Lipinski definition) is 3. The lowest BCUT2D eigenvalue weighted by Crippen LogP contribution is -2.35. The Morgan fingerprint density at radius 3 is 2.57 bits per heavy atom. The maximum absolute atomic E-state index is 12.0. The van der Waals surface area contributed by atoms with Crippen LogP contribution >= 0.6 is 0 Å². The van der Waals surface area contributed by atoms with E-state index in [-0.39, 0.29) is 35.5 Å². The molecular formula is C12H17N3O5S. The Labute approximate surface area is 122 Å². The molecule has 0 atom stereocenters. The molecule has 9 heteroatoms. The van der Waals surface area contributed by atoms with E-state index in [1.807, 2.05) is 0 Å². The number of nitrogens with zero attached hydrogens (tertiary/aromatic N) is 1. The van der Waals surface area contributed by atoms with Crippen molar-refractivity contribution in [2.75, 3.05) is 13.1 Å². The van der Waals surface area contributed by atoms with E-state index in [1.54, 1.807) is 0 Å². The third-order valence-corrected chi connectivity index (χ3v) is 4.60. The highest BCUT2D eigenvalue weighted by Gasteiger charge is 2.29. The van der Waals surface area contributed by atoms with Crippen LogP contribution in [0.3, 0.4) is 0 Å². The predicted octanol–water partition coefficient (Wildman–Crippen LogP) is -0.472. The minimum atomic E-state index is -3.78. The minimum absolute atomic E-state index is 0.0536. The molecule has 3 N–H and O–H groups in total. The lowest BCUT2D eigenvalue weighted by Gasteiger charge is -2.06. The van der Waals surface area contributed by atoms with E-state index in [1.165, 1.54) is 17.8 Å². The monoisotopic (exact) mass is 315 g/mol. The number of aromatic carboxylic acids is 1. The molecule has 1 aromatic rings. The first kappa shape index (κ1) is 15.5. The van der Waals surface area contributed by atoms with Gasteiger partial charge in [0.25, 0.3) is 0 Å². The number of amides is 1. The summed E-state index contributed by atoms with van der Waals surface area (Å²) < 4.78 is 27.5. The quantitative estimate of drug-likeness (QED) is 0.588. The van der Waals surface area contributed by atoms with Crippen LogP contribution in [0.5, 0.6) is 0 Å². The standard InChI is InChI=1S/C12H17N3O5S/c1-15-7-9(6-10(15)12(17)18)21(19,20)14-5-4-13-11(16)8-2-3-8/h6-8,14H,2-5H2,1H3,(H,13,16)(H,17,18). The zero-order valence-corrected chi connectivity index (χ0v) is 12.3. The summed E-state index contributed by atoms with van der Waals surface area (Å²) >= 11 is 0. The topological polar surface area (TPSA) is 118 Å². The van der Waals surface area contributed by atoms with E-state index in [0.29, 0.717) is 0 Å². The molecule has 2 rings (SSSR count). The molecule has 8 nitrogen and oxygen atoms in total. The third-order valence-electron chi connectivity index (χ3n) is 3.17. The van der Waals surface area contributed by atoms with Gasteiger partial charge in [0.1, 0.15) is 10.6 Å². The van der Waals surface area contributed by atoms with E-state index in [2.05, 4.69) is 10.0 Å². The Balaban J connectivity index is 1.90. The second-order valence-corrected chi connectivity index (χ2v) is 6.71. The van der Waals surface area contributed by atoms with Crippen LogP contribution in [-0.4, -0.2) is 43.1 Å². The van der Waals surface area contributed by atoms with Gasteiger partial charge in [0.05, 0.1) is 0 Å². The Hall–Kier alpha value is -1.87. The summed E-state index contributed by atoms with van der Waals surface area (Å²) in [6.45, 7) is 0.255. The number of nitrogens with one attached hydrogen (secondary N) is 2. The smallest absolute Gasteiger partial charge is 0.352 e. The van der Waals surface area contributed by atoms with Gasteiger partial charge in [-0.2, -0.15) is 0 Å². The average Bonchev–Trinajstić information content (AvgIpc) is 3.16. The first-order chi connectivity index (χ1) is 9.81. The number of hydrogen-bond acceptors (Lipinski definition) is 4. The third kappa shape index (κ3) is 3.82. The van der Waals surface area contributed by atoms with Crippen molar-refractivity contribution < 1.29 is 23.1 Å². The van der Waals surface area contributed by atoms with Crippen LogP contribution < -0.4 is 10.0 Å². The van der Waals surface area contributed by atoms with Crippen molar-refractivity contribution in [1.29, 1.82) is 0 Å². The van der Waals surface area contributed by atoms with E-state index < -0.39 is 16.0 Å². The number of carbonyl (C=O) groups excluding carboxylic acids is 1. The molecule has 116 valence electrons.